The predicted molar refractivity (Wildman–Crippen MR) is 69.7 cm³/mol. The summed E-state index contributed by atoms with van der Waals surface area (Å²) in [6.45, 7) is 1.50. The minimum atomic E-state index is -0.157. The molecule has 3 rings (SSSR count). The number of anilines is 1. The summed E-state index contributed by atoms with van der Waals surface area (Å²) in [5.41, 5.74) is 7.40. The molecule has 1 aliphatic rings. The first-order valence-electron chi connectivity index (χ1n) is 6.04. The lowest BCUT2D eigenvalue weighted by molar-refractivity contribution is 0.0728. The first-order valence-corrected chi connectivity index (χ1v) is 6.04. The third kappa shape index (κ3) is 2.12. The zero-order chi connectivity index (χ0) is 13.2. The van der Waals surface area contributed by atoms with Gasteiger partial charge in [0.25, 0.3) is 5.91 Å². The van der Waals surface area contributed by atoms with Crippen molar-refractivity contribution in [1.29, 1.82) is 0 Å². The van der Waals surface area contributed by atoms with Gasteiger partial charge in [-0.05, 0) is 6.07 Å². The van der Waals surface area contributed by atoms with Crippen LogP contribution in [0.25, 0.3) is 0 Å². The van der Waals surface area contributed by atoms with Crippen LogP contribution in [-0.2, 0) is 6.54 Å². The number of benzene rings is 1. The van der Waals surface area contributed by atoms with Gasteiger partial charge in [-0.2, -0.15) is 5.10 Å². The normalized spacial score (nSPS) is 14.4. The number of ether oxygens (including phenoxy) is 1. The summed E-state index contributed by atoms with van der Waals surface area (Å²) in [6, 6.07) is 7.72. The zero-order valence-electron chi connectivity index (χ0n) is 10.3. The Kier molecular flexibility index (Phi) is 2.83. The molecule has 2 aromatic rings. The fourth-order valence-electron chi connectivity index (χ4n) is 2.12. The molecule has 6 heteroatoms. The van der Waals surface area contributed by atoms with E-state index in [1.165, 1.54) is 6.20 Å². The van der Waals surface area contributed by atoms with E-state index in [2.05, 4.69) is 10.2 Å². The Hall–Kier alpha value is -2.50. The third-order valence-electron chi connectivity index (χ3n) is 3.12. The lowest BCUT2D eigenvalue weighted by Gasteiger charge is -2.19. The molecule has 6 nitrogen and oxygen atoms in total. The van der Waals surface area contributed by atoms with E-state index in [9.17, 15) is 4.79 Å². The van der Waals surface area contributed by atoms with Gasteiger partial charge >= 0.3 is 0 Å². The summed E-state index contributed by atoms with van der Waals surface area (Å²) in [6.07, 6.45) is 1.44. The van der Waals surface area contributed by atoms with Crippen molar-refractivity contribution in [3.8, 4) is 5.75 Å². The molecule has 2 heterocycles. The highest BCUT2D eigenvalue weighted by molar-refractivity contribution is 5.97. The molecule has 0 fully saturated rings. The average Bonchev–Trinajstić information content (AvgIpc) is 2.73. The Morgan fingerprint density at radius 3 is 3.05 bits per heavy atom. The van der Waals surface area contributed by atoms with Gasteiger partial charge in [-0.3, -0.25) is 9.89 Å². The van der Waals surface area contributed by atoms with E-state index in [0.717, 1.165) is 11.3 Å². The quantitative estimate of drug-likeness (QED) is 0.800. The van der Waals surface area contributed by atoms with Gasteiger partial charge in [0.05, 0.1) is 18.4 Å². The number of fused-ring (bicyclic) bond motifs is 1. The number of hydrogen-bond acceptors (Lipinski definition) is 4. The summed E-state index contributed by atoms with van der Waals surface area (Å²) in [5, 5.41) is 6.42. The van der Waals surface area contributed by atoms with Gasteiger partial charge in [-0.15, -0.1) is 0 Å². The molecule has 1 aliphatic heterocycles. The van der Waals surface area contributed by atoms with Crippen LogP contribution in [0.2, 0.25) is 0 Å². The second-order valence-electron chi connectivity index (χ2n) is 4.38. The van der Waals surface area contributed by atoms with Crippen molar-refractivity contribution in [2.24, 2.45) is 0 Å². The van der Waals surface area contributed by atoms with Crippen molar-refractivity contribution in [2.45, 2.75) is 6.54 Å². The van der Waals surface area contributed by atoms with Gasteiger partial charge in [0, 0.05) is 12.1 Å². The van der Waals surface area contributed by atoms with Gasteiger partial charge in [0.2, 0.25) is 0 Å². The van der Waals surface area contributed by atoms with Crippen LogP contribution in [0.5, 0.6) is 5.75 Å². The highest BCUT2D eigenvalue weighted by Crippen LogP contribution is 2.23. The monoisotopic (exact) mass is 258 g/mol. The van der Waals surface area contributed by atoms with Gasteiger partial charge < -0.3 is 15.4 Å². The second kappa shape index (κ2) is 4.64. The number of carbonyl (C=O) groups is 1. The lowest BCUT2D eigenvalue weighted by Crippen LogP contribution is -2.33. The maximum absolute atomic E-state index is 12.4. The van der Waals surface area contributed by atoms with Gasteiger partial charge in [-0.1, -0.05) is 18.2 Å². The van der Waals surface area contributed by atoms with Gasteiger partial charge in [0.15, 0.2) is 0 Å². The average molecular weight is 258 g/mol. The molecule has 0 atom stereocenters. The number of rotatable bonds is 1. The highest BCUT2D eigenvalue weighted by atomic mass is 16.5. The van der Waals surface area contributed by atoms with E-state index in [1.807, 2.05) is 24.3 Å². The van der Waals surface area contributed by atoms with Crippen LogP contribution in [0.1, 0.15) is 16.1 Å². The summed E-state index contributed by atoms with van der Waals surface area (Å²) < 4.78 is 5.63. The molecular formula is C13H14N4O2. The fourth-order valence-corrected chi connectivity index (χ4v) is 2.12. The molecule has 3 N–H and O–H groups in total. The van der Waals surface area contributed by atoms with Crippen LogP contribution in [-0.4, -0.2) is 34.2 Å². The molecule has 1 aromatic heterocycles. The summed E-state index contributed by atoms with van der Waals surface area (Å²) in [4.78, 5) is 14.1. The number of nitrogen functional groups attached to an aromatic ring is 1. The fraction of sp³-hybridized carbons (Fsp3) is 0.231. The smallest absolute Gasteiger partial charge is 0.274 e. The maximum Gasteiger partial charge on any atom is 0.274 e. The molecule has 0 saturated carbocycles. The van der Waals surface area contributed by atoms with Crippen molar-refractivity contribution >= 4 is 11.6 Å². The number of hydrogen-bond donors (Lipinski definition) is 2. The highest BCUT2D eigenvalue weighted by Gasteiger charge is 2.23. The van der Waals surface area contributed by atoms with E-state index in [1.54, 1.807) is 4.90 Å². The SMILES string of the molecule is Nc1cn[nH]c1C(=O)N1CCOc2ccccc2C1. The molecule has 98 valence electrons. The van der Waals surface area contributed by atoms with Crippen molar-refractivity contribution in [1.82, 2.24) is 15.1 Å². The number of para-hydroxylation sites is 1. The molecule has 1 aromatic carbocycles. The van der Waals surface area contributed by atoms with Crippen LogP contribution in [0.4, 0.5) is 5.69 Å². The Morgan fingerprint density at radius 2 is 2.26 bits per heavy atom. The van der Waals surface area contributed by atoms with Gasteiger partial charge in [-0.25, -0.2) is 0 Å². The van der Waals surface area contributed by atoms with Crippen LogP contribution in [0.15, 0.2) is 30.5 Å². The number of H-pyrrole nitrogens is 1. The summed E-state index contributed by atoms with van der Waals surface area (Å²) in [7, 11) is 0. The van der Waals surface area contributed by atoms with Crippen LogP contribution in [0.3, 0.4) is 0 Å². The van der Waals surface area contributed by atoms with E-state index in [0.29, 0.717) is 31.1 Å². The van der Waals surface area contributed by atoms with E-state index in [-0.39, 0.29) is 5.91 Å². The van der Waals surface area contributed by atoms with Crippen molar-refractivity contribution < 1.29 is 9.53 Å². The molecule has 1 amide bonds. The largest absolute Gasteiger partial charge is 0.491 e. The number of nitrogens with one attached hydrogen (secondary N) is 1. The second-order valence-corrected chi connectivity index (χ2v) is 4.38. The molecule has 0 spiro atoms. The molecule has 0 unspecified atom stereocenters. The zero-order valence-corrected chi connectivity index (χ0v) is 10.3. The van der Waals surface area contributed by atoms with Crippen molar-refractivity contribution in [3.63, 3.8) is 0 Å². The van der Waals surface area contributed by atoms with Gasteiger partial charge in [0.1, 0.15) is 18.1 Å². The predicted octanol–water partition coefficient (Wildman–Crippen LogP) is 1.03. The number of nitrogens with zero attached hydrogens (tertiary/aromatic N) is 2. The molecule has 0 saturated heterocycles. The third-order valence-corrected chi connectivity index (χ3v) is 3.12. The first kappa shape index (κ1) is 11.6. The Labute approximate surface area is 110 Å². The minimum Gasteiger partial charge on any atom is -0.491 e. The summed E-state index contributed by atoms with van der Waals surface area (Å²) >= 11 is 0. The topological polar surface area (TPSA) is 84.2 Å². The van der Waals surface area contributed by atoms with E-state index >= 15 is 0 Å². The van der Waals surface area contributed by atoms with Crippen LogP contribution >= 0.6 is 0 Å². The number of nitrogens with two attached hydrogens (primary N) is 1. The molecule has 19 heavy (non-hydrogen) atoms. The van der Waals surface area contributed by atoms with Crippen molar-refractivity contribution in [2.75, 3.05) is 18.9 Å². The summed E-state index contributed by atoms with van der Waals surface area (Å²) in [5.74, 6) is 0.672. The van der Waals surface area contributed by atoms with Crippen LogP contribution in [0, 0.1) is 0 Å². The number of amides is 1. The molecular weight excluding hydrogens is 244 g/mol. The van der Waals surface area contributed by atoms with Crippen molar-refractivity contribution in [3.05, 3.63) is 41.7 Å². The number of aromatic nitrogens is 2. The first-order chi connectivity index (χ1) is 9.25. The number of carbonyl (C=O) groups excluding carboxylic acids is 1. The Balaban J connectivity index is 1.87. The van der Waals surface area contributed by atoms with E-state index in [4.69, 9.17) is 10.5 Å². The standard InChI is InChI=1S/C13H14N4O2/c14-10-7-15-16-12(10)13(18)17-5-6-19-11-4-2-1-3-9(11)8-17/h1-4,7H,5-6,8,14H2,(H,15,16). The minimum absolute atomic E-state index is 0.157. The molecule has 0 radical (unpaired) electrons. The maximum atomic E-state index is 12.4. The lowest BCUT2D eigenvalue weighted by atomic mass is 10.2. The Bertz CT molecular complexity index is 608. The number of aromatic amines is 1. The molecule has 0 aliphatic carbocycles. The van der Waals surface area contributed by atoms with Crippen LogP contribution < -0.4 is 10.5 Å². The molecule has 0 bridgehead atoms. The van der Waals surface area contributed by atoms with E-state index < -0.39 is 0 Å². The Morgan fingerprint density at radius 1 is 1.42 bits per heavy atom.